The van der Waals surface area contributed by atoms with Crippen LogP contribution in [0.4, 0.5) is 5.69 Å². The Morgan fingerprint density at radius 1 is 1.31 bits per heavy atom. The van der Waals surface area contributed by atoms with Crippen molar-refractivity contribution in [2.75, 3.05) is 11.9 Å². The van der Waals surface area contributed by atoms with E-state index in [2.05, 4.69) is 28.3 Å². The van der Waals surface area contributed by atoms with Gasteiger partial charge in [0.15, 0.2) is 0 Å². The van der Waals surface area contributed by atoms with Crippen molar-refractivity contribution in [1.82, 2.24) is 14.5 Å². The Morgan fingerprint density at radius 2 is 2.19 bits per heavy atom. The summed E-state index contributed by atoms with van der Waals surface area (Å²) in [6.45, 7) is 3.00. The van der Waals surface area contributed by atoms with Crippen molar-refractivity contribution in [3.63, 3.8) is 0 Å². The largest absolute Gasteiger partial charge is 0.385 e. The van der Waals surface area contributed by atoms with Gasteiger partial charge in [0.1, 0.15) is 5.82 Å². The molecule has 0 atom stereocenters. The number of nitrogens with one attached hydrogen (secondary N) is 1. The average Bonchev–Trinajstić information content (AvgIpc) is 2.66. The molecular weight excluding hydrogens is 200 g/mol. The van der Waals surface area contributed by atoms with Gasteiger partial charge in [-0.05, 0) is 19.1 Å². The van der Waals surface area contributed by atoms with E-state index in [9.17, 15) is 0 Å². The maximum Gasteiger partial charge on any atom is 0.114 e. The van der Waals surface area contributed by atoms with Crippen LogP contribution in [0.5, 0.6) is 0 Å². The monoisotopic (exact) mass is 216 g/mol. The Hall–Kier alpha value is -1.84. The lowest BCUT2D eigenvalue weighted by Gasteiger charge is -2.05. The molecule has 84 valence electrons. The van der Waals surface area contributed by atoms with E-state index >= 15 is 0 Å². The number of rotatable bonds is 4. The quantitative estimate of drug-likeness (QED) is 0.848. The molecule has 0 aliphatic heterocycles. The fraction of sp³-hybridized carbons (Fsp3) is 0.333. The van der Waals surface area contributed by atoms with Crippen molar-refractivity contribution >= 4 is 5.69 Å². The molecule has 0 saturated heterocycles. The van der Waals surface area contributed by atoms with Crippen molar-refractivity contribution in [2.24, 2.45) is 7.05 Å². The molecule has 2 aromatic heterocycles. The van der Waals surface area contributed by atoms with Crippen LogP contribution < -0.4 is 5.32 Å². The van der Waals surface area contributed by atoms with Crippen LogP contribution in [0.3, 0.4) is 0 Å². The second kappa shape index (κ2) is 4.79. The van der Waals surface area contributed by atoms with Gasteiger partial charge < -0.3 is 9.88 Å². The Kier molecular flexibility index (Phi) is 3.19. The van der Waals surface area contributed by atoms with Gasteiger partial charge in [-0.1, -0.05) is 0 Å². The number of anilines is 1. The van der Waals surface area contributed by atoms with Crippen molar-refractivity contribution < 1.29 is 0 Å². The van der Waals surface area contributed by atoms with E-state index in [0.717, 1.165) is 30.2 Å². The fourth-order valence-electron chi connectivity index (χ4n) is 1.62. The molecule has 2 rings (SSSR count). The summed E-state index contributed by atoms with van der Waals surface area (Å²) < 4.78 is 2.02. The molecule has 0 aliphatic rings. The second-order valence-electron chi connectivity index (χ2n) is 3.70. The number of nitrogens with zero attached hydrogens (tertiary/aromatic N) is 3. The molecule has 16 heavy (non-hydrogen) atoms. The molecule has 0 aliphatic carbocycles. The van der Waals surface area contributed by atoms with Crippen LogP contribution in [-0.4, -0.2) is 21.1 Å². The summed E-state index contributed by atoms with van der Waals surface area (Å²) >= 11 is 0. The van der Waals surface area contributed by atoms with Crippen LogP contribution in [0.25, 0.3) is 0 Å². The van der Waals surface area contributed by atoms with Gasteiger partial charge >= 0.3 is 0 Å². The Bertz CT molecular complexity index is 462. The fourth-order valence-corrected chi connectivity index (χ4v) is 1.62. The molecule has 0 saturated carbocycles. The van der Waals surface area contributed by atoms with E-state index in [1.807, 2.05) is 36.3 Å². The summed E-state index contributed by atoms with van der Waals surface area (Å²) in [6, 6.07) is 4.05. The third-order valence-corrected chi connectivity index (χ3v) is 2.46. The van der Waals surface area contributed by atoms with Crippen LogP contribution in [0, 0.1) is 0 Å². The number of pyridine rings is 1. The van der Waals surface area contributed by atoms with Crippen LogP contribution in [0.15, 0.2) is 30.7 Å². The molecule has 4 heteroatoms. The highest BCUT2D eigenvalue weighted by Gasteiger charge is 2.03. The highest BCUT2D eigenvalue weighted by molar-refractivity contribution is 5.43. The molecule has 0 bridgehead atoms. The normalized spacial score (nSPS) is 10.4. The topological polar surface area (TPSA) is 42.7 Å². The molecule has 2 aromatic rings. The van der Waals surface area contributed by atoms with Crippen molar-refractivity contribution in [3.05, 3.63) is 42.2 Å². The predicted molar refractivity (Wildman–Crippen MR) is 64.4 cm³/mol. The standard InChI is InChI=1S/C12H16N4/c1-3-13-10-4-5-14-11(8-10)9-12-15-6-7-16(12)2/h4-8H,3,9H2,1-2H3,(H,13,14). The summed E-state index contributed by atoms with van der Waals surface area (Å²) in [5.74, 6) is 1.03. The molecule has 0 radical (unpaired) electrons. The molecule has 0 amide bonds. The lowest BCUT2D eigenvalue weighted by molar-refractivity contribution is 0.811. The summed E-state index contributed by atoms with van der Waals surface area (Å²) in [7, 11) is 2.00. The van der Waals surface area contributed by atoms with Gasteiger partial charge in [-0.3, -0.25) is 4.98 Å². The molecule has 2 heterocycles. The first-order valence-corrected chi connectivity index (χ1v) is 5.44. The summed E-state index contributed by atoms with van der Waals surface area (Å²) in [5.41, 5.74) is 2.15. The molecule has 0 spiro atoms. The maximum absolute atomic E-state index is 4.34. The Balaban J connectivity index is 2.15. The minimum absolute atomic E-state index is 0.767. The first kappa shape index (κ1) is 10.7. The summed E-state index contributed by atoms with van der Waals surface area (Å²) in [5, 5.41) is 3.27. The molecule has 1 N–H and O–H groups in total. The van der Waals surface area contributed by atoms with Gasteiger partial charge in [0.2, 0.25) is 0 Å². The van der Waals surface area contributed by atoms with E-state index in [1.165, 1.54) is 0 Å². The smallest absolute Gasteiger partial charge is 0.114 e. The zero-order chi connectivity index (χ0) is 11.4. The number of hydrogen-bond acceptors (Lipinski definition) is 3. The van der Waals surface area contributed by atoms with Crippen LogP contribution in [0.1, 0.15) is 18.4 Å². The van der Waals surface area contributed by atoms with E-state index in [1.54, 1.807) is 0 Å². The maximum atomic E-state index is 4.34. The average molecular weight is 216 g/mol. The highest BCUT2D eigenvalue weighted by Crippen LogP contribution is 2.10. The minimum Gasteiger partial charge on any atom is -0.385 e. The number of aryl methyl sites for hydroxylation is 1. The molecule has 0 fully saturated rings. The minimum atomic E-state index is 0.767. The van der Waals surface area contributed by atoms with Gasteiger partial charge in [0, 0.05) is 50.0 Å². The van der Waals surface area contributed by atoms with Gasteiger partial charge in [-0.15, -0.1) is 0 Å². The summed E-state index contributed by atoms with van der Waals surface area (Å²) in [6.07, 6.45) is 6.35. The summed E-state index contributed by atoms with van der Waals surface area (Å²) in [4.78, 5) is 8.63. The predicted octanol–water partition coefficient (Wildman–Crippen LogP) is 1.84. The molecular formula is C12H16N4. The SMILES string of the molecule is CCNc1ccnc(Cc2nccn2C)c1. The van der Waals surface area contributed by atoms with Gasteiger partial charge in [0.05, 0.1) is 0 Å². The van der Waals surface area contributed by atoms with E-state index < -0.39 is 0 Å². The van der Waals surface area contributed by atoms with E-state index in [4.69, 9.17) is 0 Å². The lowest BCUT2D eigenvalue weighted by Crippen LogP contribution is -2.02. The van der Waals surface area contributed by atoms with Gasteiger partial charge in [-0.25, -0.2) is 4.98 Å². The zero-order valence-electron chi connectivity index (χ0n) is 9.64. The van der Waals surface area contributed by atoms with E-state index in [0.29, 0.717) is 0 Å². The third kappa shape index (κ3) is 2.39. The van der Waals surface area contributed by atoms with Crippen molar-refractivity contribution in [1.29, 1.82) is 0 Å². The van der Waals surface area contributed by atoms with Gasteiger partial charge in [-0.2, -0.15) is 0 Å². The van der Waals surface area contributed by atoms with Crippen molar-refractivity contribution in [3.8, 4) is 0 Å². The first-order chi connectivity index (χ1) is 7.79. The van der Waals surface area contributed by atoms with Crippen LogP contribution in [0.2, 0.25) is 0 Å². The Morgan fingerprint density at radius 3 is 2.88 bits per heavy atom. The molecule has 4 nitrogen and oxygen atoms in total. The molecule has 0 unspecified atom stereocenters. The van der Waals surface area contributed by atoms with E-state index in [-0.39, 0.29) is 0 Å². The van der Waals surface area contributed by atoms with Crippen molar-refractivity contribution in [2.45, 2.75) is 13.3 Å². The second-order valence-corrected chi connectivity index (χ2v) is 3.70. The lowest BCUT2D eigenvalue weighted by atomic mass is 10.2. The first-order valence-electron chi connectivity index (χ1n) is 5.44. The van der Waals surface area contributed by atoms with Crippen LogP contribution >= 0.6 is 0 Å². The zero-order valence-corrected chi connectivity index (χ0v) is 9.64. The Labute approximate surface area is 95.4 Å². The number of aromatic nitrogens is 3. The number of hydrogen-bond donors (Lipinski definition) is 1. The highest BCUT2D eigenvalue weighted by atomic mass is 15.0. The van der Waals surface area contributed by atoms with Gasteiger partial charge in [0.25, 0.3) is 0 Å². The number of imidazole rings is 1. The molecule has 0 aromatic carbocycles. The third-order valence-electron chi connectivity index (χ3n) is 2.46. The van der Waals surface area contributed by atoms with Crippen LogP contribution in [-0.2, 0) is 13.5 Å².